The standard InChI is InChI=1S/C19H28N4O4/c1-3-14(2)20-19(25)21-18(24)12-23-8-6-22(7-9-23)11-15-4-5-16-17(10-15)27-13-26-16/h4-5,10,14H,3,6-9,11-13H2,1-2H3,(H2,20,21,24,25)/p+2/t14-/m1/s1. The lowest BCUT2D eigenvalue weighted by molar-refractivity contribution is -1.02. The molecule has 27 heavy (non-hydrogen) atoms. The van der Waals surface area contributed by atoms with Crippen LogP contribution in [-0.4, -0.2) is 57.5 Å². The van der Waals surface area contributed by atoms with E-state index in [1.165, 1.54) is 15.4 Å². The number of benzene rings is 1. The molecule has 1 aromatic carbocycles. The zero-order valence-corrected chi connectivity index (χ0v) is 16.1. The van der Waals surface area contributed by atoms with Crippen LogP contribution in [0.5, 0.6) is 11.5 Å². The van der Waals surface area contributed by atoms with Gasteiger partial charge in [-0.3, -0.25) is 10.1 Å². The maximum Gasteiger partial charge on any atom is 0.321 e. The zero-order valence-electron chi connectivity index (χ0n) is 16.1. The molecule has 0 radical (unpaired) electrons. The molecule has 3 amide bonds. The van der Waals surface area contributed by atoms with Gasteiger partial charge < -0.3 is 24.6 Å². The minimum absolute atomic E-state index is 0.0634. The topological polar surface area (TPSA) is 85.5 Å². The highest BCUT2D eigenvalue weighted by atomic mass is 16.7. The summed E-state index contributed by atoms with van der Waals surface area (Å²) >= 11 is 0. The number of ether oxygens (including phenoxy) is 2. The Morgan fingerprint density at radius 3 is 2.56 bits per heavy atom. The lowest BCUT2D eigenvalue weighted by atomic mass is 10.1. The summed E-state index contributed by atoms with van der Waals surface area (Å²) in [6.45, 7) is 9.30. The first-order chi connectivity index (χ1) is 13.0. The highest BCUT2D eigenvalue weighted by molar-refractivity contribution is 5.94. The summed E-state index contributed by atoms with van der Waals surface area (Å²) in [4.78, 5) is 26.5. The van der Waals surface area contributed by atoms with Gasteiger partial charge in [-0.05, 0) is 31.5 Å². The molecule has 0 bridgehead atoms. The van der Waals surface area contributed by atoms with E-state index in [-0.39, 0.29) is 11.9 Å². The SMILES string of the molecule is CC[C@@H](C)NC(=O)NC(=O)C[NH+]1CC[NH+](Cc2ccc3c(c2)OCO3)CC1. The van der Waals surface area contributed by atoms with Crippen LogP contribution in [-0.2, 0) is 11.3 Å². The molecule has 0 aromatic heterocycles. The fourth-order valence-electron chi connectivity index (χ4n) is 3.41. The molecule has 1 saturated heterocycles. The van der Waals surface area contributed by atoms with Crippen molar-refractivity contribution in [3.63, 3.8) is 0 Å². The van der Waals surface area contributed by atoms with Gasteiger partial charge in [-0.1, -0.05) is 6.92 Å². The Labute approximate surface area is 159 Å². The molecule has 1 atom stereocenters. The van der Waals surface area contributed by atoms with Crippen LogP contribution in [0.25, 0.3) is 0 Å². The first-order valence-electron chi connectivity index (χ1n) is 9.69. The van der Waals surface area contributed by atoms with Crippen LogP contribution in [0.3, 0.4) is 0 Å². The van der Waals surface area contributed by atoms with E-state index in [0.717, 1.165) is 50.6 Å². The van der Waals surface area contributed by atoms with E-state index >= 15 is 0 Å². The number of piperazine rings is 1. The Morgan fingerprint density at radius 2 is 1.81 bits per heavy atom. The molecular weight excluding hydrogens is 348 g/mol. The van der Waals surface area contributed by atoms with E-state index in [4.69, 9.17) is 9.47 Å². The molecule has 3 rings (SSSR count). The Bertz CT molecular complexity index is 674. The molecule has 1 aromatic rings. The predicted molar refractivity (Wildman–Crippen MR) is 99.0 cm³/mol. The number of urea groups is 1. The minimum atomic E-state index is -0.402. The molecule has 1 fully saturated rings. The number of quaternary nitrogens is 2. The molecular formula is C19H30N4O4+2. The fourth-order valence-corrected chi connectivity index (χ4v) is 3.41. The molecule has 2 heterocycles. The van der Waals surface area contributed by atoms with Crippen molar-refractivity contribution in [2.75, 3.05) is 39.5 Å². The van der Waals surface area contributed by atoms with Gasteiger partial charge in [-0.2, -0.15) is 0 Å². The predicted octanol–water partition coefficient (Wildman–Crippen LogP) is -1.68. The number of rotatable bonds is 6. The first-order valence-corrected chi connectivity index (χ1v) is 9.69. The molecule has 0 spiro atoms. The average molecular weight is 378 g/mol. The Hall–Kier alpha value is -2.32. The van der Waals surface area contributed by atoms with Gasteiger partial charge in [0.25, 0.3) is 5.91 Å². The summed E-state index contributed by atoms with van der Waals surface area (Å²) in [7, 11) is 0. The second kappa shape index (κ2) is 9.05. The van der Waals surface area contributed by atoms with Gasteiger partial charge in [-0.25, -0.2) is 4.79 Å². The second-order valence-corrected chi connectivity index (χ2v) is 7.37. The van der Waals surface area contributed by atoms with Crippen molar-refractivity contribution in [3.8, 4) is 11.5 Å². The van der Waals surface area contributed by atoms with Gasteiger partial charge in [0.15, 0.2) is 18.0 Å². The molecule has 4 N–H and O–H groups in total. The van der Waals surface area contributed by atoms with E-state index < -0.39 is 6.03 Å². The quantitative estimate of drug-likeness (QED) is 0.477. The second-order valence-electron chi connectivity index (χ2n) is 7.37. The smallest absolute Gasteiger partial charge is 0.321 e. The molecule has 0 aliphatic carbocycles. The minimum Gasteiger partial charge on any atom is -0.454 e. The van der Waals surface area contributed by atoms with Crippen LogP contribution < -0.4 is 29.9 Å². The van der Waals surface area contributed by atoms with Crippen molar-refractivity contribution < 1.29 is 28.9 Å². The van der Waals surface area contributed by atoms with Crippen molar-refractivity contribution in [2.45, 2.75) is 32.9 Å². The number of imide groups is 1. The maximum absolute atomic E-state index is 12.0. The normalized spacial score (nSPS) is 22.1. The number of carbonyl (C=O) groups is 2. The third-order valence-electron chi connectivity index (χ3n) is 5.21. The number of carbonyl (C=O) groups excluding carboxylic acids is 2. The Morgan fingerprint density at radius 1 is 1.11 bits per heavy atom. The number of hydrogen-bond acceptors (Lipinski definition) is 4. The summed E-state index contributed by atoms with van der Waals surface area (Å²) in [5.74, 6) is 1.42. The average Bonchev–Trinajstić information content (AvgIpc) is 3.10. The fraction of sp³-hybridized carbons (Fsp3) is 0.579. The summed E-state index contributed by atoms with van der Waals surface area (Å²) in [5.41, 5.74) is 1.23. The van der Waals surface area contributed by atoms with Gasteiger partial charge in [-0.15, -0.1) is 0 Å². The van der Waals surface area contributed by atoms with E-state index in [1.807, 2.05) is 19.9 Å². The highest BCUT2D eigenvalue weighted by Crippen LogP contribution is 2.32. The van der Waals surface area contributed by atoms with Gasteiger partial charge in [0.1, 0.15) is 32.7 Å². The largest absolute Gasteiger partial charge is 0.454 e. The lowest BCUT2D eigenvalue weighted by Gasteiger charge is -2.29. The number of fused-ring (bicyclic) bond motifs is 1. The Kier molecular flexibility index (Phi) is 6.52. The zero-order chi connectivity index (χ0) is 19.2. The van der Waals surface area contributed by atoms with Crippen LogP contribution in [0, 0.1) is 0 Å². The summed E-state index contributed by atoms with van der Waals surface area (Å²) < 4.78 is 10.8. The van der Waals surface area contributed by atoms with Crippen LogP contribution in [0.4, 0.5) is 4.79 Å². The van der Waals surface area contributed by atoms with Gasteiger partial charge in [0.05, 0.1) is 0 Å². The third kappa shape index (κ3) is 5.58. The first kappa shape index (κ1) is 19.4. The van der Waals surface area contributed by atoms with E-state index in [0.29, 0.717) is 13.3 Å². The molecule has 148 valence electrons. The molecule has 2 aliphatic rings. The van der Waals surface area contributed by atoms with E-state index in [1.54, 1.807) is 0 Å². The number of amides is 3. The van der Waals surface area contributed by atoms with Crippen LogP contribution in [0.2, 0.25) is 0 Å². The molecule has 2 aliphatic heterocycles. The maximum atomic E-state index is 12.0. The van der Waals surface area contributed by atoms with Gasteiger partial charge in [0.2, 0.25) is 6.79 Å². The van der Waals surface area contributed by atoms with Crippen molar-refractivity contribution in [1.82, 2.24) is 10.6 Å². The molecule has 0 saturated carbocycles. The summed E-state index contributed by atoms with van der Waals surface area (Å²) in [6.07, 6.45) is 0.834. The van der Waals surface area contributed by atoms with Crippen molar-refractivity contribution >= 4 is 11.9 Å². The van der Waals surface area contributed by atoms with Crippen LogP contribution in [0.15, 0.2) is 18.2 Å². The van der Waals surface area contributed by atoms with Crippen molar-refractivity contribution in [2.24, 2.45) is 0 Å². The summed E-state index contributed by atoms with van der Waals surface area (Å²) in [6, 6.07) is 5.77. The van der Waals surface area contributed by atoms with Crippen LogP contribution >= 0.6 is 0 Å². The number of hydrogen-bond donors (Lipinski definition) is 4. The number of nitrogens with one attached hydrogen (secondary N) is 4. The van der Waals surface area contributed by atoms with E-state index in [9.17, 15) is 9.59 Å². The van der Waals surface area contributed by atoms with Crippen molar-refractivity contribution in [1.29, 1.82) is 0 Å². The van der Waals surface area contributed by atoms with Crippen LogP contribution in [0.1, 0.15) is 25.8 Å². The van der Waals surface area contributed by atoms with Crippen molar-refractivity contribution in [3.05, 3.63) is 23.8 Å². The van der Waals surface area contributed by atoms with Gasteiger partial charge in [0, 0.05) is 11.6 Å². The highest BCUT2D eigenvalue weighted by Gasteiger charge is 2.26. The third-order valence-corrected chi connectivity index (χ3v) is 5.21. The van der Waals surface area contributed by atoms with E-state index in [2.05, 4.69) is 22.8 Å². The monoisotopic (exact) mass is 378 g/mol. The molecule has 8 nitrogen and oxygen atoms in total. The lowest BCUT2D eigenvalue weighted by Crippen LogP contribution is -3.28. The molecule has 8 heteroatoms. The Balaban J connectivity index is 1.38. The molecule has 0 unspecified atom stereocenters. The van der Waals surface area contributed by atoms with Gasteiger partial charge >= 0.3 is 6.03 Å². The summed E-state index contributed by atoms with van der Waals surface area (Å²) in [5, 5.41) is 5.17.